The molecule has 0 unspecified atom stereocenters. The van der Waals surface area contributed by atoms with Crippen LogP contribution in [0.5, 0.6) is 0 Å². The Morgan fingerprint density at radius 2 is 2.12 bits per heavy atom. The van der Waals surface area contributed by atoms with Gasteiger partial charge >= 0.3 is 6.09 Å². The van der Waals surface area contributed by atoms with Crippen molar-refractivity contribution < 1.29 is 19.4 Å². The Labute approximate surface area is 155 Å². The Morgan fingerprint density at radius 1 is 1.38 bits per heavy atom. The minimum Gasteiger partial charge on any atom is -0.447 e. The number of aliphatic hydroxyl groups excluding tert-OH is 1. The largest absolute Gasteiger partial charge is 0.447 e. The minimum atomic E-state index is -0.780. The topological polar surface area (TPSA) is 66.8 Å². The summed E-state index contributed by atoms with van der Waals surface area (Å²) < 4.78 is 5.14. The lowest BCUT2D eigenvalue weighted by atomic mass is 9.92. The highest BCUT2D eigenvalue weighted by Gasteiger charge is 2.42. The standard InChI is InChI=1S/C21H29NO4/c1-3-5-7-13-19(23)18(10-4-2)20(24)22-17(15-26-21(22)25)14-16-11-8-6-9-12-16/h4,6,8-9,11-12,17-19,23H,2-3,5,7,10,13-15H2,1H3/t17-,18-,19+/m1/s1. The van der Waals surface area contributed by atoms with Gasteiger partial charge in [-0.25, -0.2) is 9.69 Å². The molecule has 0 saturated carbocycles. The molecule has 1 fully saturated rings. The van der Waals surface area contributed by atoms with Gasteiger partial charge in [0.15, 0.2) is 0 Å². The van der Waals surface area contributed by atoms with Crippen molar-refractivity contribution in [2.24, 2.45) is 5.92 Å². The van der Waals surface area contributed by atoms with Crippen LogP contribution in [0.4, 0.5) is 4.79 Å². The summed E-state index contributed by atoms with van der Waals surface area (Å²) in [5.41, 5.74) is 1.04. The third kappa shape index (κ3) is 5.18. The maximum Gasteiger partial charge on any atom is 0.416 e. The highest BCUT2D eigenvalue weighted by molar-refractivity contribution is 5.95. The number of carbonyl (C=O) groups is 2. The van der Waals surface area contributed by atoms with E-state index < -0.39 is 18.1 Å². The zero-order valence-corrected chi connectivity index (χ0v) is 15.5. The number of aliphatic hydroxyl groups is 1. The Hall–Kier alpha value is -2.14. The molecule has 1 saturated heterocycles. The van der Waals surface area contributed by atoms with Gasteiger partial charge in [0, 0.05) is 0 Å². The van der Waals surface area contributed by atoms with Crippen LogP contribution in [0.15, 0.2) is 43.0 Å². The van der Waals surface area contributed by atoms with Crippen molar-refractivity contribution in [2.75, 3.05) is 6.61 Å². The van der Waals surface area contributed by atoms with Crippen molar-refractivity contribution in [3.8, 4) is 0 Å². The monoisotopic (exact) mass is 359 g/mol. The second-order valence-corrected chi connectivity index (χ2v) is 6.82. The number of hydrogen-bond donors (Lipinski definition) is 1. The zero-order valence-electron chi connectivity index (χ0n) is 15.5. The van der Waals surface area contributed by atoms with Gasteiger partial charge < -0.3 is 9.84 Å². The molecule has 0 spiro atoms. The fourth-order valence-electron chi connectivity index (χ4n) is 3.35. The molecular formula is C21H29NO4. The molecule has 1 heterocycles. The third-order valence-electron chi connectivity index (χ3n) is 4.82. The average Bonchev–Trinajstić information content (AvgIpc) is 3.00. The molecular weight excluding hydrogens is 330 g/mol. The summed E-state index contributed by atoms with van der Waals surface area (Å²) in [5, 5.41) is 10.5. The van der Waals surface area contributed by atoms with Gasteiger partial charge in [-0.1, -0.05) is 62.6 Å². The van der Waals surface area contributed by atoms with Crippen LogP contribution in [-0.4, -0.2) is 40.8 Å². The number of hydrogen-bond acceptors (Lipinski definition) is 4. The molecule has 5 heteroatoms. The lowest BCUT2D eigenvalue weighted by molar-refractivity contribution is -0.137. The molecule has 142 valence electrons. The molecule has 1 aromatic carbocycles. The predicted octanol–water partition coefficient (Wildman–Crippen LogP) is 3.71. The molecule has 2 amide bonds. The van der Waals surface area contributed by atoms with E-state index in [1.807, 2.05) is 30.3 Å². The number of carbonyl (C=O) groups excluding carboxylic acids is 2. The first-order valence-electron chi connectivity index (χ1n) is 9.41. The average molecular weight is 359 g/mol. The predicted molar refractivity (Wildman–Crippen MR) is 101 cm³/mol. The van der Waals surface area contributed by atoms with Gasteiger partial charge in [0.1, 0.15) is 6.61 Å². The van der Waals surface area contributed by atoms with Gasteiger partial charge in [0.2, 0.25) is 5.91 Å². The van der Waals surface area contributed by atoms with Crippen LogP contribution in [0.2, 0.25) is 0 Å². The first-order chi connectivity index (χ1) is 12.6. The molecule has 0 aliphatic carbocycles. The highest BCUT2D eigenvalue weighted by atomic mass is 16.6. The van der Waals surface area contributed by atoms with Crippen molar-refractivity contribution >= 4 is 12.0 Å². The quantitative estimate of drug-likeness (QED) is 0.511. The van der Waals surface area contributed by atoms with Crippen molar-refractivity contribution in [3.63, 3.8) is 0 Å². The molecule has 1 aliphatic rings. The number of cyclic esters (lactones) is 1. The number of unbranched alkanes of at least 4 members (excludes halogenated alkanes) is 2. The molecule has 3 atom stereocenters. The fraction of sp³-hybridized carbons (Fsp3) is 0.524. The van der Waals surface area contributed by atoms with Crippen LogP contribution in [0, 0.1) is 5.92 Å². The van der Waals surface area contributed by atoms with Crippen molar-refractivity contribution in [2.45, 2.75) is 57.6 Å². The van der Waals surface area contributed by atoms with E-state index in [4.69, 9.17) is 4.74 Å². The third-order valence-corrected chi connectivity index (χ3v) is 4.82. The Morgan fingerprint density at radius 3 is 2.77 bits per heavy atom. The Balaban J connectivity index is 2.10. The van der Waals surface area contributed by atoms with Crippen LogP contribution in [0.3, 0.4) is 0 Å². The van der Waals surface area contributed by atoms with Crippen molar-refractivity contribution in [3.05, 3.63) is 48.6 Å². The SMILES string of the molecule is C=CC[C@@H](C(=O)N1C(=O)OC[C@H]1Cc1ccccc1)[C@@H](O)CCCCC. The van der Waals surface area contributed by atoms with E-state index in [1.165, 1.54) is 4.90 Å². The number of benzene rings is 1. The van der Waals surface area contributed by atoms with Crippen LogP contribution >= 0.6 is 0 Å². The molecule has 5 nitrogen and oxygen atoms in total. The maximum atomic E-state index is 13.0. The van der Waals surface area contributed by atoms with Crippen LogP contribution in [0.1, 0.15) is 44.6 Å². The second kappa shape index (κ2) is 10.1. The van der Waals surface area contributed by atoms with Crippen molar-refractivity contribution in [1.29, 1.82) is 0 Å². The first-order valence-corrected chi connectivity index (χ1v) is 9.41. The van der Waals surface area contributed by atoms with Gasteiger partial charge in [-0.15, -0.1) is 6.58 Å². The smallest absolute Gasteiger partial charge is 0.416 e. The number of ether oxygens (including phenoxy) is 1. The molecule has 1 aliphatic heterocycles. The summed E-state index contributed by atoms with van der Waals surface area (Å²) in [6, 6.07) is 9.37. The normalized spacial score (nSPS) is 19.1. The van der Waals surface area contributed by atoms with Gasteiger partial charge in [0.25, 0.3) is 0 Å². The van der Waals surface area contributed by atoms with Crippen LogP contribution in [0.25, 0.3) is 0 Å². The number of amides is 2. The van der Waals surface area contributed by atoms with E-state index >= 15 is 0 Å². The maximum absolute atomic E-state index is 13.0. The van der Waals surface area contributed by atoms with E-state index in [0.29, 0.717) is 19.3 Å². The molecule has 0 bridgehead atoms. The van der Waals surface area contributed by atoms with Crippen LogP contribution in [-0.2, 0) is 16.0 Å². The minimum absolute atomic E-state index is 0.187. The second-order valence-electron chi connectivity index (χ2n) is 6.82. The number of nitrogens with zero attached hydrogens (tertiary/aromatic N) is 1. The first kappa shape index (κ1) is 20.2. The van der Waals surface area contributed by atoms with Gasteiger partial charge in [-0.05, 0) is 24.8 Å². The number of allylic oxidation sites excluding steroid dienone is 1. The summed E-state index contributed by atoms with van der Waals surface area (Å²) in [5.74, 6) is -1.02. The van der Waals surface area contributed by atoms with Gasteiger partial charge in [-0.2, -0.15) is 0 Å². The van der Waals surface area contributed by atoms with E-state index in [0.717, 1.165) is 24.8 Å². The molecule has 26 heavy (non-hydrogen) atoms. The summed E-state index contributed by atoms with van der Waals surface area (Å²) in [4.78, 5) is 26.4. The lowest BCUT2D eigenvalue weighted by Gasteiger charge is -2.27. The van der Waals surface area contributed by atoms with Crippen molar-refractivity contribution in [1.82, 2.24) is 4.90 Å². The van der Waals surface area contributed by atoms with E-state index in [1.54, 1.807) is 6.08 Å². The highest BCUT2D eigenvalue weighted by Crippen LogP contribution is 2.25. The molecule has 0 radical (unpaired) electrons. The van der Waals surface area contributed by atoms with Crippen LogP contribution < -0.4 is 0 Å². The van der Waals surface area contributed by atoms with E-state index in [9.17, 15) is 14.7 Å². The molecule has 1 aromatic rings. The Bertz CT molecular complexity index is 601. The summed E-state index contributed by atoms with van der Waals surface area (Å²) in [7, 11) is 0. The lowest BCUT2D eigenvalue weighted by Crippen LogP contribution is -2.46. The van der Waals surface area contributed by atoms with Gasteiger partial charge in [0.05, 0.1) is 18.1 Å². The van der Waals surface area contributed by atoms with Gasteiger partial charge in [-0.3, -0.25) is 4.79 Å². The number of imide groups is 1. The molecule has 1 N–H and O–H groups in total. The summed E-state index contributed by atoms with van der Waals surface area (Å²) in [6.07, 6.45) is 4.57. The van der Waals surface area contributed by atoms with E-state index in [2.05, 4.69) is 13.5 Å². The fourth-order valence-corrected chi connectivity index (χ4v) is 3.35. The number of rotatable bonds is 10. The zero-order chi connectivity index (χ0) is 18.9. The Kier molecular flexibility index (Phi) is 7.85. The molecule has 2 rings (SSSR count). The van der Waals surface area contributed by atoms with E-state index in [-0.39, 0.29) is 18.6 Å². The summed E-state index contributed by atoms with van der Waals surface area (Å²) >= 11 is 0. The molecule has 0 aromatic heterocycles. The summed E-state index contributed by atoms with van der Waals surface area (Å²) in [6.45, 7) is 5.97.